The second-order valence-corrected chi connectivity index (χ2v) is 13.2. The molecule has 12 unspecified atom stereocenters. The summed E-state index contributed by atoms with van der Waals surface area (Å²) in [7, 11) is 0. The molecule has 0 aromatic carbocycles. The first-order valence-corrected chi connectivity index (χ1v) is 14.4. The van der Waals surface area contributed by atoms with Gasteiger partial charge in [0.05, 0.1) is 38.9 Å². The van der Waals surface area contributed by atoms with Gasteiger partial charge in [0.15, 0.2) is 11.7 Å². The Hall–Kier alpha value is -1.44. The van der Waals surface area contributed by atoms with Crippen LogP contribution in [-0.4, -0.2) is 81.5 Å². The maximum absolute atomic E-state index is 13.1. The molecule has 5 rings (SSSR count). The number of hydrogen-bond donors (Lipinski definition) is 0. The van der Waals surface area contributed by atoms with Gasteiger partial charge in [-0.1, -0.05) is 36.1 Å². The number of esters is 4. The molecule has 2 bridgehead atoms. The van der Waals surface area contributed by atoms with Gasteiger partial charge >= 0.3 is 23.9 Å². The Bertz CT molecular complexity index is 1090. The van der Waals surface area contributed by atoms with Crippen LogP contribution >= 0.6 is 34.2 Å². The van der Waals surface area contributed by atoms with Crippen LogP contribution in [0.25, 0.3) is 0 Å². The van der Waals surface area contributed by atoms with Crippen molar-refractivity contribution in [3.63, 3.8) is 0 Å². The zero-order valence-corrected chi connectivity index (χ0v) is 24.8. The van der Waals surface area contributed by atoms with Crippen molar-refractivity contribution in [1.29, 1.82) is 0 Å². The van der Waals surface area contributed by atoms with Crippen molar-refractivity contribution < 1.29 is 47.6 Å². The van der Waals surface area contributed by atoms with E-state index in [4.69, 9.17) is 40.0 Å². The monoisotopic (exact) mass is 666 g/mol. The largest absolute Gasteiger partial charge is 0.462 e. The lowest BCUT2D eigenvalue weighted by Gasteiger charge is -2.62. The molecule has 0 aromatic heterocycles. The molecule has 5 fully saturated rings. The second-order valence-electron chi connectivity index (χ2n) is 11.3. The Morgan fingerprint density at radius 3 is 2.21 bits per heavy atom. The van der Waals surface area contributed by atoms with Crippen molar-refractivity contribution >= 4 is 58.1 Å². The van der Waals surface area contributed by atoms with Gasteiger partial charge in [-0.2, -0.15) is 0 Å². The molecule has 4 saturated heterocycles. The Kier molecular flexibility index (Phi) is 6.88. The number of hydrogen-bond acceptors (Lipinski definition) is 10. The first-order valence-electron chi connectivity index (χ1n) is 12.7. The van der Waals surface area contributed by atoms with Crippen LogP contribution in [0.2, 0.25) is 0 Å². The predicted octanol–water partition coefficient (Wildman–Crippen LogP) is 2.65. The lowest BCUT2D eigenvalue weighted by molar-refractivity contribution is -0.284. The smallest absolute Gasteiger partial charge is 0.312 e. The van der Waals surface area contributed by atoms with Crippen LogP contribution in [0.3, 0.4) is 0 Å². The molecular weight excluding hydrogens is 635 g/mol. The van der Waals surface area contributed by atoms with Crippen molar-refractivity contribution in [2.45, 2.75) is 98.5 Å². The summed E-state index contributed by atoms with van der Waals surface area (Å²) in [5.41, 5.74) is -2.96. The Balaban J connectivity index is 1.82. The molecule has 1 aliphatic carbocycles. The number of fused-ring (bicyclic) bond motifs is 3. The third kappa shape index (κ3) is 3.85. The zero-order valence-electron chi connectivity index (χ0n) is 21.9. The van der Waals surface area contributed by atoms with E-state index in [0.29, 0.717) is 25.0 Å². The molecule has 0 amide bonds. The summed E-state index contributed by atoms with van der Waals surface area (Å²) in [6.07, 6.45) is -3.59. The first-order chi connectivity index (χ1) is 17.7. The van der Waals surface area contributed by atoms with Crippen molar-refractivity contribution in [1.82, 2.24) is 0 Å². The Morgan fingerprint density at radius 1 is 1.08 bits per heavy atom. The van der Waals surface area contributed by atoms with Crippen LogP contribution in [0.15, 0.2) is 12.2 Å². The van der Waals surface area contributed by atoms with Gasteiger partial charge in [-0.25, -0.2) is 0 Å². The average Bonchev–Trinajstić information content (AvgIpc) is 3.54. The fraction of sp³-hybridized carbons (Fsp3) is 0.769. The molecular formula is C26H32ClIO10. The maximum Gasteiger partial charge on any atom is 0.312 e. The van der Waals surface area contributed by atoms with E-state index in [2.05, 4.69) is 29.2 Å². The topological polar surface area (TPSA) is 127 Å². The molecule has 12 heteroatoms. The highest BCUT2D eigenvalue weighted by Gasteiger charge is 2.79. The van der Waals surface area contributed by atoms with E-state index >= 15 is 0 Å². The number of rotatable bonds is 3. The van der Waals surface area contributed by atoms with Gasteiger partial charge in [0.25, 0.3) is 0 Å². The third-order valence-corrected chi connectivity index (χ3v) is 11.0. The molecule has 2 spiro atoms. The minimum absolute atomic E-state index is 0.348. The minimum atomic E-state index is -1.49. The molecule has 38 heavy (non-hydrogen) atoms. The SMILES string of the molecule is C=C1C(Cl)C2OC(=O)C(C)C23OC1C(I)C(OC(C)=O)C1(C)C(OC(C)=O)CCC2(CO2)C1C3OC(C)=O. The van der Waals surface area contributed by atoms with Crippen LogP contribution in [0.5, 0.6) is 0 Å². The molecule has 0 radical (unpaired) electrons. The molecule has 4 heterocycles. The number of carbonyl (C=O) groups is 4. The van der Waals surface area contributed by atoms with Gasteiger partial charge in [0.1, 0.15) is 18.3 Å². The molecule has 5 aliphatic rings. The summed E-state index contributed by atoms with van der Waals surface area (Å²) in [5.74, 6) is -3.75. The van der Waals surface area contributed by atoms with E-state index in [-0.39, 0.29) is 0 Å². The molecule has 12 atom stereocenters. The summed E-state index contributed by atoms with van der Waals surface area (Å²) in [6.45, 7) is 12.0. The van der Waals surface area contributed by atoms with Gasteiger partial charge < -0.3 is 28.4 Å². The molecule has 10 nitrogen and oxygen atoms in total. The number of carbonyl (C=O) groups excluding carboxylic acids is 4. The number of ether oxygens (including phenoxy) is 6. The molecule has 4 aliphatic heterocycles. The number of halogens is 2. The van der Waals surface area contributed by atoms with E-state index in [0.717, 1.165) is 0 Å². The average molecular weight is 667 g/mol. The normalized spacial score (nSPS) is 49.1. The highest BCUT2D eigenvalue weighted by molar-refractivity contribution is 14.1. The van der Waals surface area contributed by atoms with Crippen LogP contribution in [0.4, 0.5) is 0 Å². The van der Waals surface area contributed by atoms with Crippen molar-refractivity contribution in [2.24, 2.45) is 17.3 Å². The fourth-order valence-electron chi connectivity index (χ4n) is 7.45. The molecule has 1 saturated carbocycles. The van der Waals surface area contributed by atoms with Gasteiger partial charge in [0.2, 0.25) is 0 Å². The minimum Gasteiger partial charge on any atom is -0.462 e. The summed E-state index contributed by atoms with van der Waals surface area (Å²) in [5, 5.41) is -0.857. The van der Waals surface area contributed by atoms with E-state index in [1.54, 1.807) is 6.92 Å². The maximum atomic E-state index is 13.1. The van der Waals surface area contributed by atoms with E-state index in [1.807, 2.05) is 6.92 Å². The standard InChI is InChI=1S/C26H32ClIO10/c1-10-16(27)20-26(11(2)23(32)37-20)22(36-14(5)31)19-24(6,21(35-13(4)30)17(28)18(10)38-26)15(34-12(3)29)7-8-25(19)9-33-25/h11,15-22H,1,7-9H2,2-6H3. The van der Waals surface area contributed by atoms with Crippen molar-refractivity contribution in [2.75, 3.05) is 6.61 Å². The summed E-state index contributed by atoms with van der Waals surface area (Å²) < 4.78 is 36.2. The van der Waals surface area contributed by atoms with Gasteiger partial charge in [-0.15, -0.1) is 11.6 Å². The fourth-order valence-corrected chi connectivity index (χ4v) is 9.35. The Labute approximate surface area is 239 Å². The van der Waals surface area contributed by atoms with E-state index in [9.17, 15) is 19.2 Å². The van der Waals surface area contributed by atoms with Gasteiger partial charge in [-0.05, 0) is 25.3 Å². The Morgan fingerprint density at radius 2 is 1.66 bits per heavy atom. The van der Waals surface area contributed by atoms with E-state index < -0.39 is 92.2 Å². The van der Waals surface area contributed by atoms with Crippen molar-refractivity contribution in [3.8, 4) is 0 Å². The molecule has 210 valence electrons. The highest BCUT2D eigenvalue weighted by Crippen LogP contribution is 2.65. The third-order valence-electron chi connectivity index (χ3n) is 9.14. The van der Waals surface area contributed by atoms with Crippen LogP contribution in [0.1, 0.15) is 47.5 Å². The summed E-state index contributed by atoms with van der Waals surface area (Å²) >= 11 is 9.09. The number of epoxide rings is 1. The molecule has 0 N–H and O–H groups in total. The van der Waals surface area contributed by atoms with Gasteiger partial charge in [0, 0.05) is 26.7 Å². The lowest BCUT2D eigenvalue weighted by Crippen LogP contribution is -2.76. The zero-order chi connectivity index (χ0) is 27.9. The van der Waals surface area contributed by atoms with Crippen LogP contribution < -0.4 is 0 Å². The lowest BCUT2D eigenvalue weighted by atomic mass is 9.51. The molecule has 0 aromatic rings. The van der Waals surface area contributed by atoms with Gasteiger partial charge in [-0.3, -0.25) is 19.2 Å². The van der Waals surface area contributed by atoms with Crippen molar-refractivity contribution in [3.05, 3.63) is 12.2 Å². The van der Waals surface area contributed by atoms with Crippen LogP contribution in [-0.2, 0) is 47.6 Å². The van der Waals surface area contributed by atoms with Crippen LogP contribution in [0, 0.1) is 17.3 Å². The number of alkyl halides is 2. The second kappa shape index (κ2) is 9.31. The quantitative estimate of drug-likeness (QED) is 0.111. The highest BCUT2D eigenvalue weighted by atomic mass is 127. The predicted molar refractivity (Wildman–Crippen MR) is 139 cm³/mol. The summed E-state index contributed by atoms with van der Waals surface area (Å²) in [6, 6.07) is 0. The first kappa shape index (κ1) is 28.1. The summed E-state index contributed by atoms with van der Waals surface area (Å²) in [4.78, 5) is 50.7. The van der Waals surface area contributed by atoms with E-state index in [1.165, 1.54) is 20.8 Å².